The van der Waals surface area contributed by atoms with E-state index in [1.54, 1.807) is 0 Å². The first-order valence-electron chi connectivity index (χ1n) is 23.7. The minimum atomic E-state index is -0.270. The van der Waals surface area contributed by atoms with E-state index in [0.717, 1.165) is 34.1 Å². The number of fused-ring (bicyclic) bond motifs is 5. The van der Waals surface area contributed by atoms with Crippen LogP contribution in [0.5, 0.6) is 0 Å². The molecule has 1 aliphatic rings. The normalized spacial score (nSPS) is 13.0. The Bertz CT molecular complexity index is 3190. The maximum Gasteiger partial charge on any atom is 0.0468 e. The molecule has 11 rings (SSSR count). The Hall–Kier alpha value is -7.68. The minimum Gasteiger partial charge on any atom is -0.310 e. The summed E-state index contributed by atoms with van der Waals surface area (Å²) in [6.45, 7) is 14.0. The highest BCUT2D eigenvalue weighted by Gasteiger charge is 2.37. The molecule has 0 aliphatic heterocycles. The Morgan fingerprint density at radius 3 is 0.970 bits per heavy atom. The standard InChI is InChI=1S/C65H56N2/c1-63(2,49-21-9-7-10-22-49)51-27-33-53(34-28-51)66(55-31-25-45-17-13-15-19-47(45)41-55)57-37-39-59-60-40-38-58(44-62(60)65(5,6)61(59)43-57)67(56-32-26-46-18-14-16-20-48(46)42-56)54-35-29-52(30-36-54)64(3,4)50-23-11-8-12-24-50/h7-44H,1-6H3. The third-order valence-electron chi connectivity index (χ3n) is 14.8. The van der Waals surface area contributed by atoms with Crippen molar-refractivity contribution in [3.05, 3.63) is 264 Å². The maximum atomic E-state index is 2.44. The molecule has 0 unspecified atom stereocenters. The summed E-state index contributed by atoms with van der Waals surface area (Å²) in [6.07, 6.45) is 0. The van der Waals surface area contributed by atoms with Gasteiger partial charge >= 0.3 is 0 Å². The van der Waals surface area contributed by atoms with Crippen LogP contribution in [0.15, 0.2) is 231 Å². The van der Waals surface area contributed by atoms with E-state index in [1.807, 2.05) is 0 Å². The number of rotatable bonds is 10. The summed E-state index contributed by atoms with van der Waals surface area (Å²) in [7, 11) is 0. The molecule has 0 N–H and O–H groups in total. The average Bonchev–Trinajstić information content (AvgIpc) is 3.59. The van der Waals surface area contributed by atoms with Gasteiger partial charge in [-0.1, -0.05) is 199 Å². The molecular formula is C65H56N2. The van der Waals surface area contributed by atoms with Gasteiger partial charge in [0.1, 0.15) is 0 Å². The van der Waals surface area contributed by atoms with Crippen LogP contribution in [0.1, 0.15) is 74.9 Å². The summed E-state index contributed by atoms with van der Waals surface area (Å²) in [4.78, 5) is 4.86. The van der Waals surface area contributed by atoms with Crippen LogP contribution >= 0.6 is 0 Å². The van der Waals surface area contributed by atoms with Crippen molar-refractivity contribution < 1.29 is 0 Å². The van der Waals surface area contributed by atoms with Crippen LogP contribution < -0.4 is 9.80 Å². The van der Waals surface area contributed by atoms with E-state index in [9.17, 15) is 0 Å². The van der Waals surface area contributed by atoms with Crippen molar-refractivity contribution in [2.75, 3.05) is 9.80 Å². The van der Waals surface area contributed by atoms with E-state index >= 15 is 0 Å². The van der Waals surface area contributed by atoms with Gasteiger partial charge in [0, 0.05) is 50.4 Å². The highest BCUT2D eigenvalue weighted by Crippen LogP contribution is 2.53. The van der Waals surface area contributed by atoms with Crippen LogP contribution in [0.2, 0.25) is 0 Å². The molecule has 0 aromatic heterocycles. The SMILES string of the molecule is CC(C)(c1ccccc1)c1ccc(N(c2ccc3c(c2)C(C)(C)c2cc(N(c4ccc(C(C)(C)c5ccccc5)cc4)c4ccc5ccccc5c4)ccc2-3)c2ccc3ccccc3c2)cc1. The first-order chi connectivity index (χ1) is 32.5. The number of nitrogens with zero attached hydrogens (tertiary/aromatic N) is 2. The minimum absolute atomic E-state index is 0.137. The molecule has 0 amide bonds. The smallest absolute Gasteiger partial charge is 0.0468 e. The van der Waals surface area contributed by atoms with E-state index in [4.69, 9.17) is 0 Å². The van der Waals surface area contributed by atoms with E-state index in [0.29, 0.717) is 0 Å². The van der Waals surface area contributed by atoms with Gasteiger partial charge in [0.15, 0.2) is 0 Å². The molecule has 0 saturated carbocycles. The van der Waals surface area contributed by atoms with Gasteiger partial charge in [0.25, 0.3) is 0 Å². The molecule has 0 saturated heterocycles. The fourth-order valence-electron chi connectivity index (χ4n) is 10.6. The molecule has 10 aromatic carbocycles. The molecule has 67 heavy (non-hydrogen) atoms. The summed E-state index contributed by atoms with van der Waals surface area (Å²) in [6, 6.07) is 85.3. The topological polar surface area (TPSA) is 6.48 Å². The lowest BCUT2D eigenvalue weighted by Gasteiger charge is -2.31. The predicted octanol–water partition coefficient (Wildman–Crippen LogP) is 17.9. The molecule has 0 heterocycles. The monoisotopic (exact) mass is 864 g/mol. The van der Waals surface area contributed by atoms with Gasteiger partial charge in [0.2, 0.25) is 0 Å². The van der Waals surface area contributed by atoms with Gasteiger partial charge in [0.05, 0.1) is 0 Å². The van der Waals surface area contributed by atoms with Gasteiger partial charge in [-0.3, -0.25) is 0 Å². The molecule has 0 fully saturated rings. The molecule has 0 atom stereocenters. The zero-order valence-corrected chi connectivity index (χ0v) is 39.3. The zero-order chi connectivity index (χ0) is 45.9. The van der Waals surface area contributed by atoms with E-state index in [-0.39, 0.29) is 16.2 Å². The largest absolute Gasteiger partial charge is 0.310 e. The molecule has 0 bridgehead atoms. The second-order valence-electron chi connectivity index (χ2n) is 19.9. The van der Waals surface area contributed by atoms with Crippen LogP contribution in [0.3, 0.4) is 0 Å². The summed E-state index contributed by atoms with van der Waals surface area (Å²) in [5.74, 6) is 0. The van der Waals surface area contributed by atoms with E-state index < -0.39 is 0 Å². The molecule has 326 valence electrons. The zero-order valence-electron chi connectivity index (χ0n) is 39.3. The lowest BCUT2D eigenvalue weighted by atomic mass is 9.78. The molecule has 2 nitrogen and oxygen atoms in total. The van der Waals surface area contributed by atoms with Crippen molar-refractivity contribution in [3.63, 3.8) is 0 Å². The Labute approximate surface area is 396 Å². The lowest BCUT2D eigenvalue weighted by Crippen LogP contribution is -2.19. The Balaban J connectivity index is 0.995. The van der Waals surface area contributed by atoms with Crippen LogP contribution in [0.4, 0.5) is 34.1 Å². The van der Waals surface area contributed by atoms with Crippen molar-refractivity contribution in [1.82, 2.24) is 0 Å². The van der Waals surface area contributed by atoms with Crippen LogP contribution in [-0.2, 0) is 16.2 Å². The molecule has 0 spiro atoms. The molecule has 2 heteroatoms. The highest BCUT2D eigenvalue weighted by atomic mass is 15.1. The number of anilines is 6. The number of hydrogen-bond donors (Lipinski definition) is 0. The fourth-order valence-corrected chi connectivity index (χ4v) is 10.6. The highest BCUT2D eigenvalue weighted by molar-refractivity contribution is 5.93. The number of benzene rings is 10. The van der Waals surface area contributed by atoms with E-state index in [1.165, 1.54) is 66.1 Å². The second kappa shape index (κ2) is 16.3. The lowest BCUT2D eigenvalue weighted by molar-refractivity contribution is 0.641. The van der Waals surface area contributed by atoms with E-state index in [2.05, 4.69) is 282 Å². The Morgan fingerprint density at radius 2 is 0.582 bits per heavy atom. The van der Waals surface area contributed by atoms with Crippen LogP contribution in [0, 0.1) is 0 Å². The average molecular weight is 865 g/mol. The Morgan fingerprint density at radius 1 is 0.284 bits per heavy atom. The fraction of sp³-hybridized carbons (Fsp3) is 0.138. The van der Waals surface area contributed by atoms with Gasteiger partial charge in [-0.25, -0.2) is 0 Å². The summed E-state index contributed by atoms with van der Waals surface area (Å²) < 4.78 is 0. The van der Waals surface area contributed by atoms with Crippen molar-refractivity contribution in [1.29, 1.82) is 0 Å². The quantitative estimate of drug-likeness (QED) is 0.135. The predicted molar refractivity (Wildman–Crippen MR) is 286 cm³/mol. The van der Waals surface area contributed by atoms with Crippen molar-refractivity contribution >= 4 is 55.7 Å². The van der Waals surface area contributed by atoms with Gasteiger partial charge in [-0.05, 0) is 139 Å². The maximum absolute atomic E-state index is 2.44. The molecule has 10 aromatic rings. The second-order valence-corrected chi connectivity index (χ2v) is 19.9. The van der Waals surface area contributed by atoms with Gasteiger partial charge in [-0.2, -0.15) is 0 Å². The summed E-state index contributed by atoms with van der Waals surface area (Å²) >= 11 is 0. The third-order valence-corrected chi connectivity index (χ3v) is 14.8. The van der Waals surface area contributed by atoms with Crippen LogP contribution in [-0.4, -0.2) is 0 Å². The number of hydrogen-bond acceptors (Lipinski definition) is 2. The van der Waals surface area contributed by atoms with Crippen molar-refractivity contribution in [2.45, 2.75) is 57.8 Å². The summed E-state index contributed by atoms with van der Waals surface area (Å²) in [5, 5.41) is 4.91. The van der Waals surface area contributed by atoms with Crippen molar-refractivity contribution in [3.8, 4) is 11.1 Å². The van der Waals surface area contributed by atoms with Gasteiger partial charge < -0.3 is 9.80 Å². The molecular weight excluding hydrogens is 809 g/mol. The molecule has 1 aliphatic carbocycles. The van der Waals surface area contributed by atoms with Crippen molar-refractivity contribution in [2.24, 2.45) is 0 Å². The Kier molecular flexibility index (Phi) is 10.2. The summed E-state index contributed by atoms with van der Waals surface area (Å²) in [5.41, 5.74) is 16.7. The molecule has 0 radical (unpaired) electrons. The third kappa shape index (κ3) is 7.38. The first-order valence-corrected chi connectivity index (χ1v) is 23.7. The first kappa shape index (κ1) is 42.0. The van der Waals surface area contributed by atoms with Gasteiger partial charge in [-0.15, -0.1) is 0 Å². The van der Waals surface area contributed by atoms with Crippen LogP contribution in [0.25, 0.3) is 32.7 Å².